The van der Waals surface area contributed by atoms with Crippen LogP contribution in [0.3, 0.4) is 0 Å². The van der Waals surface area contributed by atoms with Gasteiger partial charge in [0.1, 0.15) is 5.82 Å². The van der Waals surface area contributed by atoms with E-state index in [2.05, 4.69) is 0 Å². The second-order valence-electron chi connectivity index (χ2n) is 6.74. The average molecular weight is 404 g/mol. The van der Waals surface area contributed by atoms with Crippen molar-refractivity contribution in [3.05, 3.63) is 65.5 Å². The number of cyclic esters (lactones) is 1. The minimum atomic E-state index is -3.35. The zero-order valence-electron chi connectivity index (χ0n) is 15.9. The Bertz CT molecular complexity index is 1020. The molecule has 1 unspecified atom stereocenters. The van der Waals surface area contributed by atoms with Gasteiger partial charge in [0, 0.05) is 18.8 Å². The van der Waals surface area contributed by atoms with Crippen LogP contribution in [0.2, 0.25) is 0 Å². The van der Waals surface area contributed by atoms with Crippen LogP contribution in [0, 0.1) is 5.82 Å². The lowest BCUT2D eigenvalue weighted by Gasteiger charge is -2.27. The number of halogens is 1. The molecule has 3 rings (SSSR count). The fourth-order valence-corrected chi connectivity index (χ4v) is 3.79. The molecule has 0 aromatic heterocycles. The van der Waals surface area contributed by atoms with Crippen molar-refractivity contribution >= 4 is 27.0 Å². The lowest BCUT2D eigenvalue weighted by Crippen LogP contribution is -2.31. The molecule has 0 N–H and O–H groups in total. The second-order valence-corrected chi connectivity index (χ2v) is 8.75. The monoisotopic (exact) mass is 404 g/mol. The first kappa shape index (κ1) is 20.2. The molecule has 28 heavy (non-hydrogen) atoms. The standard InChI is InChI=1S/C21H21FO5S/c1-4-13-26-21(2)19(15-7-11-17(12-8-15)28(3,24)25)18(20(23)27-21)14-5-9-16(22)10-6-14/h5-12H,4,13H2,1-3H3. The first-order valence-corrected chi connectivity index (χ1v) is 10.7. The van der Waals surface area contributed by atoms with E-state index < -0.39 is 27.4 Å². The molecule has 148 valence electrons. The van der Waals surface area contributed by atoms with Gasteiger partial charge in [-0.2, -0.15) is 0 Å². The van der Waals surface area contributed by atoms with Gasteiger partial charge in [0.05, 0.1) is 17.1 Å². The number of sulfone groups is 1. The van der Waals surface area contributed by atoms with Gasteiger partial charge in [-0.3, -0.25) is 0 Å². The summed E-state index contributed by atoms with van der Waals surface area (Å²) in [6.45, 7) is 3.95. The van der Waals surface area contributed by atoms with E-state index in [0.29, 0.717) is 23.3 Å². The number of ether oxygens (including phenoxy) is 2. The van der Waals surface area contributed by atoms with Crippen molar-refractivity contribution < 1.29 is 27.1 Å². The minimum absolute atomic E-state index is 0.168. The lowest BCUT2D eigenvalue weighted by atomic mass is 9.91. The van der Waals surface area contributed by atoms with Gasteiger partial charge in [0.15, 0.2) is 9.84 Å². The van der Waals surface area contributed by atoms with Crippen LogP contribution in [-0.2, 0) is 24.1 Å². The summed E-state index contributed by atoms with van der Waals surface area (Å²) >= 11 is 0. The van der Waals surface area contributed by atoms with Crippen LogP contribution in [0.15, 0.2) is 53.4 Å². The van der Waals surface area contributed by atoms with Crippen molar-refractivity contribution in [2.24, 2.45) is 0 Å². The van der Waals surface area contributed by atoms with Gasteiger partial charge in [0.25, 0.3) is 0 Å². The average Bonchev–Trinajstić information content (AvgIpc) is 2.91. The summed E-state index contributed by atoms with van der Waals surface area (Å²) in [6.07, 6.45) is 1.85. The van der Waals surface area contributed by atoms with E-state index in [1.54, 1.807) is 19.1 Å². The highest BCUT2D eigenvalue weighted by Gasteiger charge is 2.46. The summed E-state index contributed by atoms with van der Waals surface area (Å²) in [5.41, 5.74) is 1.84. The molecule has 2 aromatic carbocycles. The summed E-state index contributed by atoms with van der Waals surface area (Å²) in [4.78, 5) is 12.9. The molecule has 1 aliphatic rings. The van der Waals surface area contributed by atoms with Gasteiger partial charge in [-0.1, -0.05) is 31.2 Å². The first-order chi connectivity index (χ1) is 13.2. The van der Waals surface area contributed by atoms with E-state index in [0.717, 1.165) is 12.7 Å². The van der Waals surface area contributed by atoms with Crippen molar-refractivity contribution in [2.45, 2.75) is 31.0 Å². The van der Waals surface area contributed by atoms with Crippen molar-refractivity contribution in [3.63, 3.8) is 0 Å². The molecule has 0 spiro atoms. The Balaban J connectivity index is 2.20. The maximum atomic E-state index is 13.4. The molecule has 7 heteroatoms. The van der Waals surface area contributed by atoms with Crippen molar-refractivity contribution in [2.75, 3.05) is 12.9 Å². The van der Waals surface area contributed by atoms with Crippen LogP contribution >= 0.6 is 0 Å². The number of carbonyl (C=O) groups is 1. The maximum Gasteiger partial charge on any atom is 0.342 e. The summed E-state index contributed by atoms with van der Waals surface area (Å²) in [6, 6.07) is 11.7. The molecule has 0 aliphatic carbocycles. The number of esters is 1. The topological polar surface area (TPSA) is 69.7 Å². The molecule has 0 amide bonds. The van der Waals surface area contributed by atoms with Gasteiger partial charge in [-0.15, -0.1) is 0 Å². The van der Waals surface area contributed by atoms with E-state index in [1.807, 2.05) is 6.92 Å². The van der Waals surface area contributed by atoms with Crippen LogP contribution in [0.4, 0.5) is 4.39 Å². The number of carbonyl (C=O) groups excluding carboxylic acids is 1. The molecule has 0 radical (unpaired) electrons. The number of hydrogen-bond acceptors (Lipinski definition) is 5. The largest absolute Gasteiger partial charge is 0.425 e. The maximum absolute atomic E-state index is 13.4. The van der Waals surface area contributed by atoms with Crippen LogP contribution in [0.1, 0.15) is 31.4 Å². The van der Waals surface area contributed by atoms with Gasteiger partial charge in [-0.05, 0) is 41.8 Å². The third-order valence-electron chi connectivity index (χ3n) is 4.48. The van der Waals surface area contributed by atoms with Gasteiger partial charge in [0.2, 0.25) is 5.79 Å². The SMILES string of the molecule is CCCOC1(C)OC(=O)C(c2ccc(F)cc2)=C1c1ccc(S(C)(=O)=O)cc1. The summed E-state index contributed by atoms with van der Waals surface area (Å²) < 4.78 is 48.3. The molecule has 5 nitrogen and oxygen atoms in total. The Hall–Kier alpha value is -2.51. The van der Waals surface area contributed by atoms with Gasteiger partial charge >= 0.3 is 5.97 Å². The number of hydrogen-bond donors (Lipinski definition) is 0. The zero-order valence-corrected chi connectivity index (χ0v) is 16.7. The molecule has 0 saturated carbocycles. The predicted molar refractivity (Wildman–Crippen MR) is 104 cm³/mol. The Labute approximate surface area is 163 Å². The normalized spacial score (nSPS) is 19.8. The quantitative estimate of drug-likeness (QED) is 0.684. The van der Waals surface area contributed by atoms with E-state index in [9.17, 15) is 17.6 Å². The van der Waals surface area contributed by atoms with Crippen LogP contribution in [0.5, 0.6) is 0 Å². The lowest BCUT2D eigenvalue weighted by molar-refractivity contribution is -0.186. The molecule has 0 saturated heterocycles. The Morgan fingerprint density at radius 3 is 2.14 bits per heavy atom. The van der Waals surface area contributed by atoms with E-state index in [-0.39, 0.29) is 10.5 Å². The third kappa shape index (κ3) is 3.86. The molecular weight excluding hydrogens is 383 g/mol. The molecule has 1 aliphatic heterocycles. The highest BCUT2D eigenvalue weighted by atomic mass is 32.2. The van der Waals surface area contributed by atoms with Crippen LogP contribution < -0.4 is 0 Å². The summed E-state index contributed by atoms with van der Waals surface area (Å²) in [5, 5.41) is 0. The van der Waals surface area contributed by atoms with Gasteiger partial charge < -0.3 is 9.47 Å². The third-order valence-corrected chi connectivity index (χ3v) is 5.61. The Kier molecular flexibility index (Phi) is 5.41. The summed E-state index contributed by atoms with van der Waals surface area (Å²) in [7, 11) is -3.35. The van der Waals surface area contributed by atoms with Crippen LogP contribution in [-0.4, -0.2) is 33.0 Å². The number of benzene rings is 2. The van der Waals surface area contributed by atoms with Crippen molar-refractivity contribution in [1.82, 2.24) is 0 Å². The summed E-state index contributed by atoms with van der Waals surface area (Å²) in [5.74, 6) is -2.32. The van der Waals surface area contributed by atoms with Crippen molar-refractivity contribution in [1.29, 1.82) is 0 Å². The smallest absolute Gasteiger partial charge is 0.342 e. The molecule has 1 atom stereocenters. The van der Waals surface area contributed by atoms with E-state index in [1.165, 1.54) is 36.4 Å². The first-order valence-electron chi connectivity index (χ1n) is 8.84. The van der Waals surface area contributed by atoms with Crippen molar-refractivity contribution in [3.8, 4) is 0 Å². The number of rotatable bonds is 6. The minimum Gasteiger partial charge on any atom is -0.425 e. The van der Waals surface area contributed by atoms with Gasteiger partial charge in [-0.25, -0.2) is 17.6 Å². The van der Waals surface area contributed by atoms with E-state index >= 15 is 0 Å². The Morgan fingerprint density at radius 1 is 1.04 bits per heavy atom. The molecule has 0 fully saturated rings. The molecule has 0 bridgehead atoms. The Morgan fingerprint density at radius 2 is 1.61 bits per heavy atom. The molecular formula is C21H21FO5S. The molecule has 1 heterocycles. The highest BCUT2D eigenvalue weighted by molar-refractivity contribution is 7.90. The van der Waals surface area contributed by atoms with E-state index in [4.69, 9.17) is 9.47 Å². The van der Waals surface area contributed by atoms with Crippen LogP contribution in [0.25, 0.3) is 11.1 Å². The zero-order chi connectivity index (χ0) is 20.5. The second kappa shape index (κ2) is 7.48. The molecule has 2 aromatic rings. The fraction of sp³-hybridized carbons (Fsp3) is 0.286. The highest BCUT2D eigenvalue weighted by Crippen LogP contribution is 2.44. The predicted octanol–water partition coefficient (Wildman–Crippen LogP) is 3.84. The fourth-order valence-electron chi connectivity index (χ4n) is 3.16.